The van der Waals surface area contributed by atoms with Gasteiger partial charge in [-0.3, -0.25) is 0 Å². The summed E-state index contributed by atoms with van der Waals surface area (Å²) in [5.41, 5.74) is 0. The van der Waals surface area contributed by atoms with Crippen molar-refractivity contribution in [2.75, 3.05) is 0 Å². The molecule has 0 aliphatic rings. The molecule has 0 rings (SSSR count). The van der Waals surface area contributed by atoms with Gasteiger partial charge in [0.15, 0.2) is 0 Å². The Balaban J connectivity index is -0.000000411. The van der Waals surface area contributed by atoms with Crippen LogP contribution in [-0.4, -0.2) is 39.5 Å². The Bertz CT molecular complexity index is 174. The summed E-state index contributed by atoms with van der Waals surface area (Å²) in [6, 6.07) is 0. The Morgan fingerprint density at radius 1 is 0.333 bits per heavy atom. The molecule has 0 aromatic carbocycles. The zero-order chi connectivity index (χ0) is 19.9. The topological polar surface area (TPSA) is 0 Å². The van der Waals surface area contributed by atoms with E-state index in [9.17, 15) is 0 Å². The fourth-order valence-electron chi connectivity index (χ4n) is 3.82. The molecule has 0 fully saturated rings. The first-order chi connectivity index (χ1) is 12.7. The normalized spacial score (nSPS) is 10.7. The maximum absolute atomic E-state index is 2.34. The van der Waals surface area contributed by atoms with E-state index in [4.69, 9.17) is 0 Å². The molecule has 0 aliphatic heterocycles. The monoisotopic (exact) mass is 618 g/mol. The van der Waals surface area contributed by atoms with Crippen LogP contribution in [0.3, 0.4) is 0 Å². The summed E-state index contributed by atoms with van der Waals surface area (Å²) in [7, 11) is 0. The van der Waals surface area contributed by atoms with E-state index < -0.39 is 39.5 Å². The summed E-state index contributed by atoms with van der Waals surface area (Å²) < 4.78 is 10.2. The molecule has 168 valence electrons. The fraction of sp³-hybridized carbons (Fsp3) is 1.00. The van der Waals surface area contributed by atoms with Crippen molar-refractivity contribution in [3.05, 3.63) is 0 Å². The van der Waals surface area contributed by atoms with Crippen molar-refractivity contribution >= 4 is 53.0 Å². The van der Waals surface area contributed by atoms with Gasteiger partial charge in [-0.15, -0.1) is 0 Å². The van der Waals surface area contributed by atoms with Gasteiger partial charge in [-0.05, 0) is 0 Å². The molecule has 0 atom stereocenters. The second kappa shape index (κ2) is 30.1. The molecule has 0 aromatic heterocycles. The van der Waals surface area contributed by atoms with Gasteiger partial charge in [0.25, 0.3) is 0 Å². The fourth-order valence-corrected chi connectivity index (χ4v) is 25.6. The molecular formula is C24H58SSn2. The molecule has 0 nitrogen and oxygen atoms in total. The molecule has 0 heterocycles. The molecular weight excluding hydrogens is 558 g/mol. The first-order valence-electron chi connectivity index (χ1n) is 12.7. The Morgan fingerprint density at radius 3 is 0.593 bits per heavy atom. The van der Waals surface area contributed by atoms with Crippen molar-refractivity contribution in [1.82, 2.24) is 0 Å². The second-order valence-corrected chi connectivity index (χ2v) is 28.4. The number of rotatable bonds is 18. The van der Waals surface area contributed by atoms with E-state index in [1.54, 1.807) is 26.6 Å². The first kappa shape index (κ1) is 33.6. The van der Waals surface area contributed by atoms with Crippen molar-refractivity contribution in [2.24, 2.45) is 0 Å². The molecule has 0 bridgehead atoms. The largest absolute Gasteiger partial charge is 0.197 e. The van der Waals surface area contributed by atoms with Crippen LogP contribution < -0.4 is 0 Å². The third-order valence-electron chi connectivity index (χ3n) is 5.80. The summed E-state index contributed by atoms with van der Waals surface area (Å²) in [5, 5.41) is 0. The molecule has 0 aromatic rings. The third-order valence-corrected chi connectivity index (χ3v) is 26.8. The summed E-state index contributed by atoms with van der Waals surface area (Å²) >= 11 is -1.93. The zero-order valence-corrected chi connectivity index (χ0v) is 28.0. The molecule has 0 unspecified atom stereocenters. The van der Waals surface area contributed by atoms with Gasteiger partial charge in [0.05, 0.1) is 0 Å². The van der Waals surface area contributed by atoms with Crippen molar-refractivity contribution in [1.29, 1.82) is 0 Å². The average molecular weight is 616 g/mol. The molecule has 0 spiro atoms. The van der Waals surface area contributed by atoms with Crippen LogP contribution >= 0.6 is 13.5 Å². The zero-order valence-electron chi connectivity index (χ0n) is 20.4. The summed E-state index contributed by atoms with van der Waals surface area (Å²) in [6.07, 6.45) is 17.7. The van der Waals surface area contributed by atoms with Crippen molar-refractivity contribution < 1.29 is 0 Å². The van der Waals surface area contributed by atoms with Gasteiger partial charge in [-0.2, -0.15) is 13.5 Å². The van der Waals surface area contributed by atoms with Crippen LogP contribution in [-0.2, 0) is 0 Å². The first-order valence-corrected chi connectivity index (χ1v) is 26.7. The summed E-state index contributed by atoms with van der Waals surface area (Å²) in [6.45, 7) is 14.0. The van der Waals surface area contributed by atoms with Gasteiger partial charge in [0.1, 0.15) is 0 Å². The van der Waals surface area contributed by atoms with Crippen LogP contribution in [0.5, 0.6) is 0 Å². The molecule has 0 radical (unpaired) electrons. The van der Waals surface area contributed by atoms with Crippen molar-refractivity contribution in [3.63, 3.8) is 0 Å². The minimum absolute atomic E-state index is 0. The Morgan fingerprint density at radius 2 is 0.481 bits per heavy atom. The quantitative estimate of drug-likeness (QED) is 0.135. The average Bonchev–Trinajstić information content (AvgIpc) is 2.67. The third kappa shape index (κ3) is 27.9. The Hall–Kier alpha value is 1.95. The minimum Gasteiger partial charge on any atom is -0.197 e. The molecule has 0 saturated heterocycles. The van der Waals surface area contributed by atoms with E-state index in [-0.39, 0.29) is 13.5 Å². The maximum atomic E-state index is 2.34. The molecule has 0 amide bonds. The SMILES string of the molecule is CCC[CH2][SnH]([CH2]CCC)[CH2]CCC.CCC[CH2][SnH]([CH2]CCC)[CH2]CCC.S. The molecule has 3 heteroatoms. The van der Waals surface area contributed by atoms with Gasteiger partial charge < -0.3 is 0 Å². The molecule has 27 heavy (non-hydrogen) atoms. The van der Waals surface area contributed by atoms with E-state index in [0.717, 1.165) is 0 Å². The van der Waals surface area contributed by atoms with Gasteiger partial charge >= 0.3 is 185 Å². The smallest absolute Gasteiger partial charge is 0.197 e. The number of hydrogen-bond donors (Lipinski definition) is 0. The van der Waals surface area contributed by atoms with E-state index in [2.05, 4.69) is 41.5 Å². The van der Waals surface area contributed by atoms with E-state index in [0.29, 0.717) is 0 Å². The Kier molecular flexibility index (Phi) is 37.5. The van der Waals surface area contributed by atoms with Gasteiger partial charge in [-0.25, -0.2) is 0 Å². The van der Waals surface area contributed by atoms with Gasteiger partial charge in [-0.1, -0.05) is 0 Å². The number of unbranched alkanes of at least 4 members (excludes halogenated alkanes) is 6. The Labute approximate surface area is 196 Å². The van der Waals surface area contributed by atoms with Crippen LogP contribution in [0.4, 0.5) is 0 Å². The number of hydrogen-bond acceptors (Lipinski definition) is 0. The van der Waals surface area contributed by atoms with E-state index in [1.807, 2.05) is 0 Å². The van der Waals surface area contributed by atoms with E-state index in [1.165, 1.54) is 77.0 Å². The molecule has 0 N–H and O–H groups in total. The predicted molar refractivity (Wildman–Crippen MR) is 143 cm³/mol. The minimum atomic E-state index is -0.967. The van der Waals surface area contributed by atoms with Crippen LogP contribution in [0, 0.1) is 0 Å². The standard InChI is InChI=1S/6C4H9.H2S.2Sn.2H/c6*1-3-4-2;;;;;/h6*1,3-4H2,2H3;1H2;;;;. The predicted octanol–water partition coefficient (Wildman–Crippen LogP) is 9.34. The maximum Gasteiger partial charge on any atom is -0.197 e. The van der Waals surface area contributed by atoms with Gasteiger partial charge in [0, 0.05) is 0 Å². The molecule has 0 aliphatic carbocycles. The molecule has 0 saturated carbocycles. The van der Waals surface area contributed by atoms with Crippen molar-refractivity contribution in [2.45, 2.75) is 145 Å². The van der Waals surface area contributed by atoms with E-state index >= 15 is 0 Å². The van der Waals surface area contributed by atoms with Gasteiger partial charge in [0.2, 0.25) is 0 Å². The van der Waals surface area contributed by atoms with Crippen LogP contribution in [0.25, 0.3) is 0 Å². The second-order valence-electron chi connectivity index (χ2n) is 8.59. The van der Waals surface area contributed by atoms with Crippen LogP contribution in [0.15, 0.2) is 0 Å². The summed E-state index contributed by atoms with van der Waals surface area (Å²) in [4.78, 5) is 0. The summed E-state index contributed by atoms with van der Waals surface area (Å²) in [5.74, 6) is 0. The van der Waals surface area contributed by atoms with Crippen molar-refractivity contribution in [3.8, 4) is 0 Å². The van der Waals surface area contributed by atoms with Crippen LogP contribution in [0.1, 0.15) is 119 Å². The van der Waals surface area contributed by atoms with Crippen LogP contribution in [0.2, 0.25) is 26.6 Å².